The molecular formula is C13H9F5N2O2S. The zero-order valence-corrected chi connectivity index (χ0v) is 12.0. The van der Waals surface area contributed by atoms with Crippen LogP contribution in [0, 0.1) is 11.6 Å². The lowest BCUT2D eigenvalue weighted by Crippen LogP contribution is -2.16. The lowest BCUT2D eigenvalue weighted by molar-refractivity contribution is -0.137. The quantitative estimate of drug-likeness (QED) is 0.657. The van der Waals surface area contributed by atoms with Gasteiger partial charge < -0.3 is 5.73 Å². The highest BCUT2D eigenvalue weighted by atomic mass is 32.2. The van der Waals surface area contributed by atoms with Crippen molar-refractivity contribution in [2.24, 2.45) is 0 Å². The Hall–Kier alpha value is -2.36. The number of hydrogen-bond donors (Lipinski definition) is 2. The minimum atomic E-state index is -4.64. The first-order valence-electron chi connectivity index (χ1n) is 5.96. The molecule has 0 fully saturated rings. The summed E-state index contributed by atoms with van der Waals surface area (Å²) in [4.78, 5) is -0.591. The second-order valence-electron chi connectivity index (χ2n) is 4.45. The molecule has 0 aliphatic carbocycles. The molecule has 0 radical (unpaired) electrons. The van der Waals surface area contributed by atoms with Crippen LogP contribution in [0.25, 0.3) is 0 Å². The number of nitrogens with two attached hydrogens (primary N) is 1. The van der Waals surface area contributed by atoms with E-state index in [4.69, 9.17) is 5.73 Å². The van der Waals surface area contributed by atoms with Crippen LogP contribution >= 0.6 is 0 Å². The summed E-state index contributed by atoms with van der Waals surface area (Å²) in [5, 5.41) is 0. The number of hydrogen-bond acceptors (Lipinski definition) is 3. The standard InChI is InChI=1S/C13H9F5N2O2S/c14-9-5-6-10(19)11(15)12(9)20-23(21,22)8-3-1-7(2-4-8)13(16,17)18/h1-6,20H,19H2. The number of nitrogens with one attached hydrogen (secondary N) is 1. The summed E-state index contributed by atoms with van der Waals surface area (Å²) in [7, 11) is -4.49. The van der Waals surface area contributed by atoms with Crippen LogP contribution in [-0.2, 0) is 16.2 Å². The topological polar surface area (TPSA) is 72.2 Å². The van der Waals surface area contributed by atoms with Gasteiger partial charge >= 0.3 is 6.18 Å². The highest BCUT2D eigenvalue weighted by Gasteiger charge is 2.31. The van der Waals surface area contributed by atoms with Gasteiger partial charge in [-0.05, 0) is 36.4 Å². The molecule has 3 N–H and O–H groups in total. The molecule has 0 heterocycles. The molecule has 23 heavy (non-hydrogen) atoms. The number of sulfonamides is 1. The van der Waals surface area contributed by atoms with Gasteiger partial charge in [0.2, 0.25) is 0 Å². The Labute approximate surface area is 127 Å². The molecule has 0 atom stereocenters. The van der Waals surface area contributed by atoms with E-state index < -0.39 is 49.7 Å². The number of nitrogen functional groups attached to an aromatic ring is 1. The molecule has 0 saturated heterocycles. The fraction of sp³-hybridized carbons (Fsp3) is 0.0769. The van der Waals surface area contributed by atoms with Gasteiger partial charge in [-0.15, -0.1) is 0 Å². The number of halogens is 5. The average Bonchev–Trinajstić information content (AvgIpc) is 2.47. The van der Waals surface area contributed by atoms with Gasteiger partial charge in [-0.1, -0.05) is 0 Å². The minimum Gasteiger partial charge on any atom is -0.396 e. The first-order valence-corrected chi connectivity index (χ1v) is 7.44. The largest absolute Gasteiger partial charge is 0.416 e. The van der Waals surface area contributed by atoms with Crippen LogP contribution < -0.4 is 10.5 Å². The summed E-state index contributed by atoms with van der Waals surface area (Å²) in [6.07, 6.45) is -4.64. The maximum Gasteiger partial charge on any atom is 0.416 e. The Bertz CT molecular complexity index is 833. The molecule has 124 valence electrons. The minimum absolute atomic E-state index is 0.489. The zero-order valence-electron chi connectivity index (χ0n) is 11.2. The van der Waals surface area contributed by atoms with E-state index in [2.05, 4.69) is 0 Å². The molecule has 0 aliphatic heterocycles. The van der Waals surface area contributed by atoms with Gasteiger partial charge in [-0.2, -0.15) is 13.2 Å². The van der Waals surface area contributed by atoms with Crippen molar-refractivity contribution in [2.75, 3.05) is 10.5 Å². The average molecular weight is 352 g/mol. The van der Waals surface area contributed by atoms with Crippen molar-refractivity contribution in [3.63, 3.8) is 0 Å². The van der Waals surface area contributed by atoms with E-state index in [1.807, 2.05) is 0 Å². The van der Waals surface area contributed by atoms with Crippen LogP contribution in [0.4, 0.5) is 33.3 Å². The van der Waals surface area contributed by atoms with Crippen molar-refractivity contribution >= 4 is 21.4 Å². The second-order valence-corrected chi connectivity index (χ2v) is 6.14. The smallest absolute Gasteiger partial charge is 0.396 e. The Balaban J connectivity index is 2.39. The lowest BCUT2D eigenvalue weighted by Gasteiger charge is -2.12. The Kier molecular flexibility index (Phi) is 4.20. The van der Waals surface area contributed by atoms with Gasteiger partial charge in [0.15, 0.2) is 5.82 Å². The lowest BCUT2D eigenvalue weighted by atomic mass is 10.2. The van der Waals surface area contributed by atoms with Gasteiger partial charge in [-0.25, -0.2) is 17.2 Å². The first-order chi connectivity index (χ1) is 10.5. The maximum atomic E-state index is 13.7. The SMILES string of the molecule is Nc1ccc(F)c(NS(=O)(=O)c2ccc(C(F)(F)F)cc2)c1F. The van der Waals surface area contributed by atoms with Crippen LogP contribution in [0.1, 0.15) is 5.56 Å². The molecule has 0 amide bonds. The molecule has 2 rings (SSSR count). The molecule has 4 nitrogen and oxygen atoms in total. The Morgan fingerprint density at radius 1 is 0.957 bits per heavy atom. The van der Waals surface area contributed by atoms with E-state index in [9.17, 15) is 30.4 Å². The number of rotatable bonds is 3. The summed E-state index contributed by atoms with van der Waals surface area (Å²) >= 11 is 0. The molecule has 0 aliphatic rings. The van der Waals surface area contributed by atoms with Crippen LogP contribution in [0.2, 0.25) is 0 Å². The number of anilines is 2. The molecule has 0 unspecified atom stereocenters. The van der Waals surface area contributed by atoms with E-state index >= 15 is 0 Å². The normalized spacial score (nSPS) is 12.2. The monoisotopic (exact) mass is 352 g/mol. The highest BCUT2D eigenvalue weighted by Crippen LogP contribution is 2.31. The number of alkyl halides is 3. The third-order valence-corrected chi connectivity index (χ3v) is 4.21. The predicted molar refractivity (Wildman–Crippen MR) is 73.0 cm³/mol. The molecular weight excluding hydrogens is 343 g/mol. The molecule has 2 aromatic rings. The van der Waals surface area contributed by atoms with E-state index in [-0.39, 0.29) is 0 Å². The van der Waals surface area contributed by atoms with Crippen LogP contribution in [0.5, 0.6) is 0 Å². The summed E-state index contributed by atoms with van der Waals surface area (Å²) in [6, 6.07) is 4.09. The van der Waals surface area contributed by atoms with Gasteiger partial charge in [0.1, 0.15) is 11.5 Å². The van der Waals surface area contributed by atoms with Crippen LogP contribution in [0.15, 0.2) is 41.3 Å². The van der Waals surface area contributed by atoms with E-state index in [0.717, 1.165) is 12.1 Å². The van der Waals surface area contributed by atoms with Crippen LogP contribution in [0.3, 0.4) is 0 Å². The fourth-order valence-electron chi connectivity index (χ4n) is 1.68. The molecule has 2 aromatic carbocycles. The van der Waals surface area contributed by atoms with Crippen LogP contribution in [-0.4, -0.2) is 8.42 Å². The van der Waals surface area contributed by atoms with Crippen molar-refractivity contribution in [3.8, 4) is 0 Å². The third-order valence-electron chi connectivity index (χ3n) is 2.85. The number of benzene rings is 2. The summed E-state index contributed by atoms with van der Waals surface area (Å²) in [5.41, 5.74) is 2.66. The third kappa shape index (κ3) is 3.52. The van der Waals surface area contributed by atoms with Gasteiger partial charge in [-0.3, -0.25) is 4.72 Å². The first kappa shape index (κ1) is 17.0. The highest BCUT2D eigenvalue weighted by molar-refractivity contribution is 7.92. The molecule has 0 bridgehead atoms. The Morgan fingerprint density at radius 2 is 1.52 bits per heavy atom. The summed E-state index contributed by atoms with van der Waals surface area (Å²) in [5.74, 6) is -2.53. The second kappa shape index (κ2) is 5.69. The maximum absolute atomic E-state index is 13.7. The van der Waals surface area contributed by atoms with E-state index in [0.29, 0.717) is 24.3 Å². The molecule has 0 spiro atoms. The summed E-state index contributed by atoms with van der Waals surface area (Å²) in [6.45, 7) is 0. The molecule has 0 aromatic heterocycles. The molecule has 0 saturated carbocycles. The van der Waals surface area contributed by atoms with Crippen molar-refractivity contribution in [2.45, 2.75) is 11.1 Å². The van der Waals surface area contributed by atoms with Gasteiger partial charge in [0.05, 0.1) is 16.1 Å². The van der Waals surface area contributed by atoms with E-state index in [1.54, 1.807) is 4.72 Å². The van der Waals surface area contributed by atoms with Crippen molar-refractivity contribution < 1.29 is 30.4 Å². The Morgan fingerprint density at radius 3 is 2.04 bits per heavy atom. The summed E-state index contributed by atoms with van der Waals surface area (Å²) < 4.78 is 90.2. The van der Waals surface area contributed by atoms with Gasteiger partial charge in [0.25, 0.3) is 10.0 Å². The van der Waals surface area contributed by atoms with Gasteiger partial charge in [0, 0.05) is 0 Å². The fourth-order valence-corrected chi connectivity index (χ4v) is 2.75. The van der Waals surface area contributed by atoms with Crippen molar-refractivity contribution in [1.29, 1.82) is 0 Å². The van der Waals surface area contributed by atoms with Crippen molar-refractivity contribution in [1.82, 2.24) is 0 Å². The predicted octanol–water partition coefficient (Wildman–Crippen LogP) is 3.37. The molecule has 10 heteroatoms. The van der Waals surface area contributed by atoms with Crippen molar-refractivity contribution in [3.05, 3.63) is 53.6 Å². The van der Waals surface area contributed by atoms with E-state index in [1.165, 1.54) is 0 Å². The zero-order chi connectivity index (χ0) is 17.4.